The van der Waals surface area contributed by atoms with Crippen molar-refractivity contribution in [3.63, 3.8) is 0 Å². The molecule has 0 saturated heterocycles. The van der Waals surface area contributed by atoms with Crippen LogP contribution in [-0.2, 0) is 22.4 Å². The predicted octanol–water partition coefficient (Wildman–Crippen LogP) is 3.74. The first-order valence-electron chi connectivity index (χ1n) is 9.87. The molecule has 0 saturated carbocycles. The molecule has 0 aliphatic rings. The zero-order valence-electron chi connectivity index (χ0n) is 16.7. The largest absolute Gasteiger partial charge is 0.354 e. The number of rotatable bonds is 10. The van der Waals surface area contributed by atoms with E-state index in [2.05, 4.69) is 12.2 Å². The number of hydrogen-bond donors (Lipinski definition) is 1. The third kappa shape index (κ3) is 6.48. The third-order valence-electron chi connectivity index (χ3n) is 4.78. The van der Waals surface area contributed by atoms with E-state index in [1.165, 1.54) is 6.07 Å². The molecule has 28 heavy (non-hydrogen) atoms. The Morgan fingerprint density at radius 1 is 1.07 bits per heavy atom. The fraction of sp³-hybridized carbons (Fsp3) is 0.391. The molecule has 1 N–H and O–H groups in total. The number of amides is 2. The second-order valence-corrected chi connectivity index (χ2v) is 6.91. The minimum Gasteiger partial charge on any atom is -0.354 e. The van der Waals surface area contributed by atoms with E-state index in [4.69, 9.17) is 0 Å². The Kier molecular flexibility index (Phi) is 8.66. The van der Waals surface area contributed by atoms with Gasteiger partial charge in [0, 0.05) is 13.1 Å². The standard InChI is InChI=1S/C23H29FN2O2/c1-3-4-15-25-23(28)18(2)26(16-14-19-10-6-5-7-11-19)22(27)17-20-12-8-9-13-21(20)24/h5-13,18H,3-4,14-17H2,1-2H3,(H,25,28). The van der Waals surface area contributed by atoms with Crippen LogP contribution in [0.25, 0.3) is 0 Å². The van der Waals surface area contributed by atoms with Gasteiger partial charge in [-0.05, 0) is 37.0 Å². The lowest BCUT2D eigenvalue weighted by Crippen LogP contribution is -2.49. The van der Waals surface area contributed by atoms with Crippen LogP contribution in [0.15, 0.2) is 54.6 Å². The number of carbonyl (C=O) groups excluding carboxylic acids is 2. The van der Waals surface area contributed by atoms with Gasteiger partial charge in [0.1, 0.15) is 11.9 Å². The van der Waals surface area contributed by atoms with E-state index in [0.29, 0.717) is 25.1 Å². The van der Waals surface area contributed by atoms with Crippen molar-refractivity contribution in [3.8, 4) is 0 Å². The van der Waals surface area contributed by atoms with Gasteiger partial charge in [0.2, 0.25) is 11.8 Å². The Morgan fingerprint density at radius 2 is 1.75 bits per heavy atom. The van der Waals surface area contributed by atoms with Crippen molar-refractivity contribution < 1.29 is 14.0 Å². The lowest BCUT2D eigenvalue weighted by atomic mass is 10.1. The average Bonchev–Trinajstić information content (AvgIpc) is 2.70. The molecule has 2 amide bonds. The average molecular weight is 384 g/mol. The van der Waals surface area contributed by atoms with Gasteiger partial charge in [-0.3, -0.25) is 9.59 Å². The van der Waals surface area contributed by atoms with E-state index >= 15 is 0 Å². The number of hydrogen-bond acceptors (Lipinski definition) is 2. The molecule has 0 radical (unpaired) electrons. The Balaban J connectivity index is 2.10. The van der Waals surface area contributed by atoms with Crippen LogP contribution in [-0.4, -0.2) is 35.8 Å². The van der Waals surface area contributed by atoms with Crippen LogP contribution in [0.2, 0.25) is 0 Å². The van der Waals surface area contributed by atoms with Crippen molar-refractivity contribution in [3.05, 3.63) is 71.5 Å². The number of nitrogens with one attached hydrogen (secondary N) is 1. The molecule has 2 aromatic carbocycles. The van der Waals surface area contributed by atoms with E-state index in [0.717, 1.165) is 18.4 Å². The summed E-state index contributed by atoms with van der Waals surface area (Å²) in [7, 11) is 0. The topological polar surface area (TPSA) is 49.4 Å². The van der Waals surface area contributed by atoms with Crippen molar-refractivity contribution in [1.82, 2.24) is 10.2 Å². The lowest BCUT2D eigenvalue weighted by molar-refractivity contribution is -0.139. The molecule has 0 aromatic heterocycles. The van der Waals surface area contributed by atoms with Gasteiger partial charge in [-0.1, -0.05) is 61.9 Å². The molecule has 0 fully saturated rings. The second kappa shape index (κ2) is 11.2. The van der Waals surface area contributed by atoms with E-state index in [-0.39, 0.29) is 18.2 Å². The van der Waals surface area contributed by atoms with Gasteiger partial charge >= 0.3 is 0 Å². The molecule has 0 aliphatic carbocycles. The molecule has 2 rings (SSSR count). The van der Waals surface area contributed by atoms with Gasteiger partial charge in [0.05, 0.1) is 6.42 Å². The normalized spacial score (nSPS) is 11.7. The van der Waals surface area contributed by atoms with Gasteiger partial charge in [0.15, 0.2) is 0 Å². The number of halogens is 1. The van der Waals surface area contributed by atoms with Crippen LogP contribution in [0, 0.1) is 5.82 Å². The summed E-state index contributed by atoms with van der Waals surface area (Å²) in [5.41, 5.74) is 1.43. The molecule has 0 spiro atoms. The monoisotopic (exact) mass is 384 g/mol. The maximum Gasteiger partial charge on any atom is 0.242 e. The molecule has 1 atom stereocenters. The van der Waals surface area contributed by atoms with Crippen LogP contribution in [0.1, 0.15) is 37.8 Å². The molecular weight excluding hydrogens is 355 g/mol. The van der Waals surface area contributed by atoms with Crippen molar-refractivity contribution in [2.75, 3.05) is 13.1 Å². The summed E-state index contributed by atoms with van der Waals surface area (Å²) in [5.74, 6) is -0.832. The van der Waals surface area contributed by atoms with Crippen LogP contribution < -0.4 is 5.32 Å². The van der Waals surface area contributed by atoms with Gasteiger partial charge in [-0.2, -0.15) is 0 Å². The van der Waals surface area contributed by atoms with Gasteiger partial charge in [0.25, 0.3) is 0 Å². The van der Waals surface area contributed by atoms with E-state index in [9.17, 15) is 14.0 Å². The van der Waals surface area contributed by atoms with Gasteiger partial charge in [-0.15, -0.1) is 0 Å². The van der Waals surface area contributed by atoms with Crippen molar-refractivity contribution in [2.45, 2.75) is 45.6 Å². The van der Waals surface area contributed by atoms with Crippen LogP contribution in [0.4, 0.5) is 4.39 Å². The quantitative estimate of drug-likeness (QED) is 0.635. The summed E-state index contributed by atoms with van der Waals surface area (Å²) in [6.45, 7) is 4.78. The number of carbonyl (C=O) groups is 2. The summed E-state index contributed by atoms with van der Waals surface area (Å²) in [6, 6.07) is 15.5. The Bertz CT molecular complexity index is 764. The third-order valence-corrected chi connectivity index (χ3v) is 4.78. The SMILES string of the molecule is CCCCNC(=O)C(C)N(CCc1ccccc1)C(=O)Cc1ccccc1F. The Labute approximate surface area is 166 Å². The van der Waals surface area contributed by atoms with Gasteiger partial charge in [-0.25, -0.2) is 4.39 Å². The zero-order chi connectivity index (χ0) is 20.4. The van der Waals surface area contributed by atoms with E-state index < -0.39 is 11.9 Å². The molecule has 0 heterocycles. The van der Waals surface area contributed by atoms with Crippen molar-refractivity contribution in [1.29, 1.82) is 0 Å². The van der Waals surface area contributed by atoms with Crippen LogP contribution in [0.5, 0.6) is 0 Å². The van der Waals surface area contributed by atoms with Crippen LogP contribution >= 0.6 is 0 Å². The number of unbranched alkanes of at least 4 members (excludes halogenated alkanes) is 1. The first kappa shape index (κ1) is 21.6. The number of nitrogens with zero attached hydrogens (tertiary/aromatic N) is 1. The minimum absolute atomic E-state index is 0.0615. The number of benzene rings is 2. The highest BCUT2D eigenvalue weighted by molar-refractivity contribution is 5.88. The lowest BCUT2D eigenvalue weighted by Gasteiger charge is -2.29. The molecule has 0 aliphatic heterocycles. The molecule has 150 valence electrons. The smallest absolute Gasteiger partial charge is 0.242 e. The van der Waals surface area contributed by atoms with E-state index in [1.807, 2.05) is 30.3 Å². The summed E-state index contributed by atoms with van der Waals surface area (Å²) >= 11 is 0. The fourth-order valence-electron chi connectivity index (χ4n) is 3.01. The maximum atomic E-state index is 14.0. The molecular formula is C23H29FN2O2. The summed E-state index contributed by atoms with van der Waals surface area (Å²) in [5, 5.41) is 2.89. The highest BCUT2D eigenvalue weighted by Crippen LogP contribution is 2.12. The predicted molar refractivity (Wildman–Crippen MR) is 109 cm³/mol. The van der Waals surface area contributed by atoms with E-state index in [1.54, 1.807) is 30.0 Å². The molecule has 5 heteroatoms. The first-order valence-corrected chi connectivity index (χ1v) is 9.87. The molecule has 2 aromatic rings. The summed E-state index contributed by atoms with van der Waals surface area (Å²) < 4.78 is 14.0. The fourth-order valence-corrected chi connectivity index (χ4v) is 3.01. The van der Waals surface area contributed by atoms with Gasteiger partial charge < -0.3 is 10.2 Å². The minimum atomic E-state index is -0.611. The first-order chi connectivity index (χ1) is 13.5. The molecule has 1 unspecified atom stereocenters. The Hall–Kier alpha value is -2.69. The van der Waals surface area contributed by atoms with Crippen molar-refractivity contribution >= 4 is 11.8 Å². The molecule has 0 bridgehead atoms. The second-order valence-electron chi connectivity index (χ2n) is 6.91. The Morgan fingerprint density at radius 3 is 2.43 bits per heavy atom. The summed E-state index contributed by atoms with van der Waals surface area (Å²) in [6.07, 6.45) is 2.45. The maximum absolute atomic E-state index is 14.0. The van der Waals surface area contributed by atoms with Crippen LogP contribution in [0.3, 0.4) is 0 Å². The summed E-state index contributed by atoms with van der Waals surface area (Å²) in [4.78, 5) is 27.0. The highest BCUT2D eigenvalue weighted by atomic mass is 19.1. The van der Waals surface area contributed by atoms with Crippen molar-refractivity contribution in [2.24, 2.45) is 0 Å². The highest BCUT2D eigenvalue weighted by Gasteiger charge is 2.26. The zero-order valence-corrected chi connectivity index (χ0v) is 16.7. The molecule has 4 nitrogen and oxygen atoms in total.